The number of unbranched alkanes of at least 4 members (excludes halogenated alkanes) is 30. The number of nitrogens with two attached hydrogens (primary N) is 1. The van der Waals surface area contributed by atoms with E-state index in [0.717, 1.165) is 19.3 Å². The van der Waals surface area contributed by atoms with Crippen LogP contribution < -0.4 is 5.73 Å². The summed E-state index contributed by atoms with van der Waals surface area (Å²) >= 11 is 0. The van der Waals surface area contributed by atoms with Crippen molar-refractivity contribution in [1.82, 2.24) is 0 Å². The monoisotopic (exact) mass is 580 g/mol. The van der Waals surface area contributed by atoms with Gasteiger partial charge < -0.3 is 10.8 Å². The maximum atomic E-state index is 10.7. The van der Waals surface area contributed by atoms with Gasteiger partial charge in [0.05, 0.1) is 6.10 Å². The molecular formula is C39H81NO. The second-order valence-corrected chi connectivity index (χ2v) is 14.2. The summed E-state index contributed by atoms with van der Waals surface area (Å²) < 4.78 is 0. The second kappa shape index (κ2) is 32.8. The lowest BCUT2D eigenvalue weighted by atomic mass is 9.86. The number of aliphatic hydroxyl groups is 1. The third-order valence-corrected chi connectivity index (χ3v) is 9.66. The number of hydrogen-bond donors (Lipinski definition) is 2. The molecule has 0 saturated heterocycles. The Kier molecular flexibility index (Phi) is 32.8. The molecule has 0 spiro atoms. The molecule has 2 unspecified atom stereocenters. The molecule has 0 saturated carbocycles. The summed E-state index contributed by atoms with van der Waals surface area (Å²) in [5, 5.41) is 10.7. The minimum Gasteiger partial charge on any atom is -0.391 e. The summed E-state index contributed by atoms with van der Waals surface area (Å²) in [6.07, 6.45) is 46.1. The molecule has 2 atom stereocenters. The molecule has 0 radical (unpaired) electrons. The lowest BCUT2D eigenvalue weighted by Crippen LogP contribution is -2.48. The first-order valence-electron chi connectivity index (χ1n) is 19.5. The Labute approximate surface area is 261 Å². The van der Waals surface area contributed by atoms with E-state index in [1.54, 1.807) is 0 Å². The fourth-order valence-corrected chi connectivity index (χ4v) is 6.44. The van der Waals surface area contributed by atoms with Crippen LogP contribution in [0, 0.1) is 0 Å². The van der Waals surface area contributed by atoms with E-state index in [-0.39, 0.29) is 6.10 Å². The summed E-state index contributed by atoms with van der Waals surface area (Å²) in [6, 6.07) is 0. The van der Waals surface area contributed by atoms with Crippen molar-refractivity contribution >= 4 is 0 Å². The summed E-state index contributed by atoms with van der Waals surface area (Å²) in [6.45, 7) is 6.67. The van der Waals surface area contributed by atoms with Gasteiger partial charge in [0.25, 0.3) is 0 Å². The Morgan fingerprint density at radius 1 is 0.390 bits per heavy atom. The Morgan fingerprint density at radius 2 is 0.610 bits per heavy atom. The van der Waals surface area contributed by atoms with Gasteiger partial charge in [-0.1, -0.05) is 219 Å². The van der Waals surface area contributed by atoms with Gasteiger partial charge in [-0.05, 0) is 19.8 Å². The first kappa shape index (κ1) is 40.9. The van der Waals surface area contributed by atoms with Gasteiger partial charge in [-0.3, -0.25) is 0 Å². The molecule has 2 heteroatoms. The van der Waals surface area contributed by atoms with E-state index in [1.807, 2.05) is 0 Å². The van der Waals surface area contributed by atoms with Crippen molar-refractivity contribution in [2.75, 3.05) is 0 Å². The summed E-state index contributed by atoms with van der Waals surface area (Å²) in [4.78, 5) is 0. The fourth-order valence-electron chi connectivity index (χ4n) is 6.44. The third kappa shape index (κ3) is 31.2. The van der Waals surface area contributed by atoms with E-state index in [4.69, 9.17) is 5.73 Å². The molecule has 0 rings (SSSR count). The van der Waals surface area contributed by atoms with Gasteiger partial charge in [-0.25, -0.2) is 0 Å². The zero-order valence-corrected chi connectivity index (χ0v) is 29.1. The summed E-state index contributed by atoms with van der Waals surface area (Å²) in [5.74, 6) is 0. The van der Waals surface area contributed by atoms with Crippen molar-refractivity contribution in [1.29, 1.82) is 0 Å². The quantitative estimate of drug-likeness (QED) is 0.0733. The van der Waals surface area contributed by atoms with Gasteiger partial charge >= 0.3 is 0 Å². The Hall–Kier alpha value is -0.0800. The highest BCUT2D eigenvalue weighted by Gasteiger charge is 2.27. The molecule has 248 valence electrons. The van der Waals surface area contributed by atoms with Crippen LogP contribution in [0.25, 0.3) is 0 Å². The molecule has 3 N–H and O–H groups in total. The molecule has 0 aliphatic carbocycles. The van der Waals surface area contributed by atoms with Gasteiger partial charge in [0.2, 0.25) is 0 Å². The van der Waals surface area contributed by atoms with Gasteiger partial charge in [0, 0.05) is 5.54 Å². The van der Waals surface area contributed by atoms with Gasteiger partial charge in [0.15, 0.2) is 0 Å². The van der Waals surface area contributed by atoms with Crippen LogP contribution in [0.3, 0.4) is 0 Å². The molecule has 0 fully saturated rings. The largest absolute Gasteiger partial charge is 0.391 e. The Morgan fingerprint density at radius 3 is 0.878 bits per heavy atom. The minimum atomic E-state index is -0.411. The molecule has 0 aromatic carbocycles. The van der Waals surface area contributed by atoms with E-state index in [2.05, 4.69) is 20.8 Å². The zero-order valence-electron chi connectivity index (χ0n) is 29.1. The van der Waals surface area contributed by atoms with Crippen LogP contribution in [0.1, 0.15) is 239 Å². The zero-order chi connectivity index (χ0) is 30.1. The van der Waals surface area contributed by atoms with E-state index < -0.39 is 5.54 Å². The minimum absolute atomic E-state index is 0.342. The van der Waals surface area contributed by atoms with Crippen LogP contribution in [-0.2, 0) is 0 Å². The van der Waals surface area contributed by atoms with Crippen molar-refractivity contribution in [2.24, 2.45) is 5.73 Å². The van der Waals surface area contributed by atoms with Crippen LogP contribution in [0.2, 0.25) is 0 Å². The lowest BCUT2D eigenvalue weighted by molar-refractivity contribution is 0.0763. The first-order chi connectivity index (χ1) is 20.0. The van der Waals surface area contributed by atoms with E-state index in [9.17, 15) is 5.11 Å². The highest BCUT2D eigenvalue weighted by molar-refractivity contribution is 4.86. The molecule has 0 aromatic rings. The number of hydrogen-bond acceptors (Lipinski definition) is 2. The van der Waals surface area contributed by atoms with E-state index in [1.165, 1.54) is 199 Å². The smallest absolute Gasteiger partial charge is 0.0716 e. The van der Waals surface area contributed by atoms with Crippen molar-refractivity contribution in [3.05, 3.63) is 0 Å². The van der Waals surface area contributed by atoms with E-state index in [0.29, 0.717) is 0 Å². The Bertz CT molecular complexity index is 476. The predicted molar refractivity (Wildman–Crippen MR) is 187 cm³/mol. The van der Waals surface area contributed by atoms with Crippen molar-refractivity contribution in [3.8, 4) is 0 Å². The number of rotatable bonds is 35. The SMILES string of the molecule is CCCCCCCCCCCCCCCCCCC(O)C(C)(N)CCCCCCCCCCCCCCCCCC. The second-order valence-electron chi connectivity index (χ2n) is 14.2. The van der Waals surface area contributed by atoms with Crippen molar-refractivity contribution < 1.29 is 5.11 Å². The van der Waals surface area contributed by atoms with Crippen molar-refractivity contribution in [2.45, 2.75) is 251 Å². The standard InChI is InChI=1S/C39H81NO/c1-4-6-8-10-12-14-16-18-20-22-24-26-28-30-32-34-36-38(41)39(3,40)37-35-33-31-29-27-25-23-21-19-17-15-13-11-9-7-5-2/h38,41H,4-37,40H2,1-3H3. The maximum absolute atomic E-state index is 10.7. The summed E-state index contributed by atoms with van der Waals surface area (Å²) in [5.41, 5.74) is 6.13. The average Bonchev–Trinajstić information content (AvgIpc) is 2.96. The summed E-state index contributed by atoms with van der Waals surface area (Å²) in [7, 11) is 0. The number of aliphatic hydroxyl groups excluding tert-OH is 1. The highest BCUT2D eigenvalue weighted by atomic mass is 16.3. The maximum Gasteiger partial charge on any atom is 0.0716 e. The molecule has 2 nitrogen and oxygen atoms in total. The fraction of sp³-hybridized carbons (Fsp3) is 1.00. The molecule has 0 amide bonds. The average molecular weight is 580 g/mol. The normalized spacial score (nSPS) is 14.0. The Balaban J connectivity index is 3.39. The third-order valence-electron chi connectivity index (χ3n) is 9.66. The molecule has 0 bridgehead atoms. The molecule has 0 aliphatic rings. The van der Waals surface area contributed by atoms with Crippen LogP contribution in [0.15, 0.2) is 0 Å². The lowest BCUT2D eigenvalue weighted by Gasteiger charge is -2.30. The molecule has 41 heavy (non-hydrogen) atoms. The predicted octanol–water partition coefficient (Wildman–Crippen LogP) is 13.4. The van der Waals surface area contributed by atoms with Crippen LogP contribution in [-0.4, -0.2) is 16.7 Å². The van der Waals surface area contributed by atoms with Crippen molar-refractivity contribution in [3.63, 3.8) is 0 Å². The molecule has 0 heterocycles. The first-order valence-corrected chi connectivity index (χ1v) is 19.5. The van der Waals surface area contributed by atoms with Crippen LogP contribution in [0.4, 0.5) is 0 Å². The molecule has 0 aromatic heterocycles. The molecule has 0 aliphatic heterocycles. The topological polar surface area (TPSA) is 46.2 Å². The van der Waals surface area contributed by atoms with Gasteiger partial charge in [-0.15, -0.1) is 0 Å². The molecular weight excluding hydrogens is 498 g/mol. The highest BCUT2D eigenvalue weighted by Crippen LogP contribution is 2.22. The van der Waals surface area contributed by atoms with Gasteiger partial charge in [0.1, 0.15) is 0 Å². The van der Waals surface area contributed by atoms with Gasteiger partial charge in [-0.2, -0.15) is 0 Å². The van der Waals surface area contributed by atoms with Crippen LogP contribution >= 0.6 is 0 Å². The van der Waals surface area contributed by atoms with E-state index >= 15 is 0 Å². The van der Waals surface area contributed by atoms with Crippen LogP contribution in [0.5, 0.6) is 0 Å².